The molecule has 0 atom stereocenters. The molecule has 2 N–H and O–H groups in total. The van der Waals surface area contributed by atoms with Gasteiger partial charge in [-0.25, -0.2) is 4.98 Å². The summed E-state index contributed by atoms with van der Waals surface area (Å²) in [6.45, 7) is 0.360. The first kappa shape index (κ1) is 17.3. The molecule has 9 heteroatoms. The third-order valence-electron chi connectivity index (χ3n) is 3.83. The molecule has 138 valence electrons. The van der Waals surface area contributed by atoms with Crippen molar-refractivity contribution in [3.05, 3.63) is 60.1 Å². The van der Waals surface area contributed by atoms with E-state index in [1.165, 1.54) is 11.8 Å². The van der Waals surface area contributed by atoms with Crippen LogP contribution in [-0.4, -0.2) is 31.8 Å². The van der Waals surface area contributed by atoms with Crippen molar-refractivity contribution < 1.29 is 13.6 Å². The van der Waals surface area contributed by atoms with Gasteiger partial charge in [-0.05, 0) is 24.3 Å². The summed E-state index contributed by atoms with van der Waals surface area (Å²) >= 11 is 1.21. The Labute approximate surface area is 158 Å². The van der Waals surface area contributed by atoms with Gasteiger partial charge >= 0.3 is 0 Å². The topological polar surface area (TPSA) is 110 Å². The van der Waals surface area contributed by atoms with E-state index in [9.17, 15) is 4.79 Å². The van der Waals surface area contributed by atoms with E-state index in [2.05, 4.69) is 25.5 Å². The number of hydrogen-bond acceptors (Lipinski definition) is 7. The van der Waals surface area contributed by atoms with Gasteiger partial charge in [0, 0.05) is 12.8 Å². The predicted octanol–water partition coefficient (Wildman–Crippen LogP) is 2.73. The molecule has 8 nitrogen and oxygen atoms in total. The molecule has 4 aromatic rings. The zero-order chi connectivity index (χ0) is 18.5. The fourth-order valence-electron chi connectivity index (χ4n) is 2.52. The van der Waals surface area contributed by atoms with Crippen LogP contribution in [0.3, 0.4) is 0 Å². The first-order valence-electron chi connectivity index (χ1n) is 8.44. The molecule has 0 aliphatic carbocycles. The molecule has 0 saturated heterocycles. The van der Waals surface area contributed by atoms with Gasteiger partial charge < -0.3 is 19.1 Å². The molecule has 0 unspecified atom stereocenters. The van der Waals surface area contributed by atoms with Gasteiger partial charge in [-0.1, -0.05) is 23.9 Å². The molecule has 0 fully saturated rings. The zero-order valence-electron chi connectivity index (χ0n) is 14.3. The Bertz CT molecular complexity index is 992. The van der Waals surface area contributed by atoms with Crippen molar-refractivity contribution in [2.24, 2.45) is 0 Å². The molecule has 4 rings (SSSR count). The number of furan rings is 1. The average molecular weight is 383 g/mol. The second-order valence-corrected chi connectivity index (χ2v) is 6.73. The number of aryl methyl sites for hydroxylation is 2. The Hall–Kier alpha value is -3.07. The van der Waals surface area contributed by atoms with Crippen LogP contribution in [0, 0.1) is 0 Å². The highest BCUT2D eigenvalue weighted by Crippen LogP contribution is 2.17. The third-order valence-corrected chi connectivity index (χ3v) is 4.65. The van der Waals surface area contributed by atoms with Crippen molar-refractivity contribution in [3.63, 3.8) is 0 Å². The number of aromatic nitrogens is 4. The summed E-state index contributed by atoms with van der Waals surface area (Å²) in [6, 6.07) is 11.5. The van der Waals surface area contributed by atoms with Gasteiger partial charge in [-0.15, -0.1) is 10.2 Å². The van der Waals surface area contributed by atoms with Crippen molar-refractivity contribution in [3.8, 4) is 0 Å². The number of hydrogen-bond donors (Lipinski definition) is 2. The third kappa shape index (κ3) is 4.56. The summed E-state index contributed by atoms with van der Waals surface area (Å²) in [6.07, 6.45) is 2.82. The highest BCUT2D eigenvalue weighted by Gasteiger charge is 2.11. The first-order chi connectivity index (χ1) is 13.3. The summed E-state index contributed by atoms with van der Waals surface area (Å²) in [7, 11) is 0. The number of aromatic amines is 1. The standard InChI is InChI=1S/C18H17N5O3S/c24-16(19-10-12-4-3-9-25-12)11-27-18-23-22-17(26-18)8-7-15-20-13-5-1-2-6-14(13)21-15/h1-6,9H,7-8,10-11H2,(H,19,24)(H,20,21). The Morgan fingerprint density at radius 1 is 1.15 bits per heavy atom. The number of nitrogens with zero attached hydrogens (tertiary/aromatic N) is 3. The van der Waals surface area contributed by atoms with E-state index >= 15 is 0 Å². The van der Waals surface area contributed by atoms with E-state index in [0.29, 0.717) is 36.3 Å². The van der Waals surface area contributed by atoms with E-state index in [4.69, 9.17) is 8.83 Å². The van der Waals surface area contributed by atoms with Crippen molar-refractivity contribution in [2.75, 3.05) is 5.75 Å². The molecule has 1 aromatic carbocycles. The lowest BCUT2D eigenvalue weighted by atomic mass is 10.3. The lowest BCUT2D eigenvalue weighted by molar-refractivity contribution is -0.118. The van der Waals surface area contributed by atoms with Gasteiger partial charge in [0.1, 0.15) is 11.6 Å². The molecule has 0 bridgehead atoms. The quantitative estimate of drug-likeness (QED) is 0.450. The summed E-state index contributed by atoms with van der Waals surface area (Å²) in [5, 5.41) is 11.1. The molecule has 0 aliphatic rings. The van der Waals surface area contributed by atoms with Gasteiger partial charge in [0.2, 0.25) is 11.8 Å². The average Bonchev–Trinajstić information content (AvgIpc) is 3.43. The van der Waals surface area contributed by atoms with Crippen LogP contribution in [0.4, 0.5) is 0 Å². The minimum absolute atomic E-state index is 0.126. The largest absolute Gasteiger partial charge is 0.467 e. The maximum Gasteiger partial charge on any atom is 0.277 e. The van der Waals surface area contributed by atoms with E-state index in [1.54, 1.807) is 18.4 Å². The minimum atomic E-state index is -0.126. The number of carbonyl (C=O) groups excluding carboxylic acids is 1. The Morgan fingerprint density at radius 3 is 2.93 bits per heavy atom. The number of thioether (sulfide) groups is 1. The molecule has 0 aliphatic heterocycles. The van der Waals surface area contributed by atoms with Crippen LogP contribution in [0.5, 0.6) is 0 Å². The van der Waals surface area contributed by atoms with Crippen LogP contribution >= 0.6 is 11.8 Å². The van der Waals surface area contributed by atoms with E-state index in [0.717, 1.165) is 16.9 Å². The smallest absolute Gasteiger partial charge is 0.277 e. The SMILES string of the molecule is O=C(CSc1nnc(CCc2nc3ccccc3[nH]2)o1)NCc1ccco1. The minimum Gasteiger partial charge on any atom is -0.467 e. The number of H-pyrrole nitrogens is 1. The van der Waals surface area contributed by atoms with Crippen LogP contribution in [0.1, 0.15) is 17.5 Å². The second kappa shape index (κ2) is 8.09. The Morgan fingerprint density at radius 2 is 2.07 bits per heavy atom. The summed E-state index contributed by atoms with van der Waals surface area (Å²) in [5.41, 5.74) is 1.95. The maximum absolute atomic E-state index is 11.8. The maximum atomic E-state index is 11.8. The molecular formula is C18H17N5O3S. The van der Waals surface area contributed by atoms with Crippen molar-refractivity contribution in [1.29, 1.82) is 0 Å². The first-order valence-corrected chi connectivity index (χ1v) is 9.43. The second-order valence-electron chi connectivity index (χ2n) is 5.81. The van der Waals surface area contributed by atoms with E-state index in [1.807, 2.05) is 24.3 Å². The number of fused-ring (bicyclic) bond motifs is 1. The van der Waals surface area contributed by atoms with Crippen molar-refractivity contribution in [1.82, 2.24) is 25.5 Å². The lowest BCUT2D eigenvalue weighted by Gasteiger charge is -2.00. The van der Waals surface area contributed by atoms with Gasteiger partial charge in [0.15, 0.2) is 0 Å². The molecule has 0 spiro atoms. The molecule has 0 saturated carbocycles. The number of benzene rings is 1. The number of rotatable bonds is 8. The summed E-state index contributed by atoms with van der Waals surface area (Å²) < 4.78 is 10.7. The normalized spacial score (nSPS) is 11.1. The number of carbonyl (C=O) groups is 1. The molecular weight excluding hydrogens is 366 g/mol. The fraction of sp³-hybridized carbons (Fsp3) is 0.222. The summed E-state index contributed by atoms with van der Waals surface area (Å²) in [5.74, 6) is 2.18. The van der Waals surface area contributed by atoms with E-state index in [-0.39, 0.29) is 11.7 Å². The van der Waals surface area contributed by atoms with Crippen LogP contribution in [-0.2, 0) is 24.2 Å². The van der Waals surface area contributed by atoms with Crippen LogP contribution in [0.15, 0.2) is 56.7 Å². The van der Waals surface area contributed by atoms with Gasteiger partial charge in [0.25, 0.3) is 5.22 Å². The molecule has 0 radical (unpaired) electrons. The van der Waals surface area contributed by atoms with Gasteiger partial charge in [-0.3, -0.25) is 4.79 Å². The fourth-order valence-corrected chi connectivity index (χ4v) is 3.13. The Kier molecular flexibility index (Phi) is 5.20. The van der Waals surface area contributed by atoms with Crippen molar-refractivity contribution in [2.45, 2.75) is 24.6 Å². The number of para-hydroxylation sites is 2. The van der Waals surface area contributed by atoms with Crippen LogP contribution < -0.4 is 5.32 Å². The highest BCUT2D eigenvalue weighted by atomic mass is 32.2. The number of amides is 1. The zero-order valence-corrected chi connectivity index (χ0v) is 15.2. The molecule has 3 heterocycles. The number of imidazole rings is 1. The van der Waals surface area contributed by atoms with Crippen molar-refractivity contribution >= 4 is 28.7 Å². The lowest BCUT2D eigenvalue weighted by Crippen LogP contribution is -2.24. The van der Waals surface area contributed by atoms with Crippen LogP contribution in [0.2, 0.25) is 0 Å². The van der Waals surface area contributed by atoms with Gasteiger partial charge in [0.05, 0.1) is 29.6 Å². The van der Waals surface area contributed by atoms with E-state index < -0.39 is 0 Å². The van der Waals surface area contributed by atoms with Gasteiger partial charge in [-0.2, -0.15) is 0 Å². The molecule has 27 heavy (non-hydrogen) atoms. The predicted molar refractivity (Wildman–Crippen MR) is 99.1 cm³/mol. The number of nitrogens with one attached hydrogen (secondary N) is 2. The monoisotopic (exact) mass is 383 g/mol. The molecule has 1 amide bonds. The highest BCUT2D eigenvalue weighted by molar-refractivity contribution is 7.99. The summed E-state index contributed by atoms with van der Waals surface area (Å²) in [4.78, 5) is 19.6. The molecule has 3 aromatic heterocycles. The Balaban J connectivity index is 1.24. The van der Waals surface area contributed by atoms with Crippen LogP contribution in [0.25, 0.3) is 11.0 Å².